The van der Waals surface area contributed by atoms with Crippen LogP contribution in [0.25, 0.3) is 0 Å². The minimum absolute atomic E-state index is 0.155. The van der Waals surface area contributed by atoms with Gasteiger partial charge in [-0.05, 0) is 37.0 Å². The molecule has 0 aliphatic carbocycles. The molecular formula is C20H22N2O5. The van der Waals surface area contributed by atoms with Crippen LogP contribution in [0.3, 0.4) is 0 Å². The number of ether oxygens (including phenoxy) is 1. The summed E-state index contributed by atoms with van der Waals surface area (Å²) in [5, 5.41) is 2.58. The van der Waals surface area contributed by atoms with E-state index in [9.17, 15) is 14.4 Å². The Morgan fingerprint density at radius 1 is 1.11 bits per heavy atom. The quantitative estimate of drug-likeness (QED) is 0.787. The molecule has 0 bridgehead atoms. The third kappa shape index (κ3) is 4.97. The number of carbonyl (C=O) groups is 3. The summed E-state index contributed by atoms with van der Waals surface area (Å²) in [6, 6.07) is 11.9. The van der Waals surface area contributed by atoms with Gasteiger partial charge in [-0.3, -0.25) is 14.4 Å². The molecule has 2 amide bonds. The lowest BCUT2D eigenvalue weighted by atomic mass is 10.0. The predicted molar refractivity (Wildman–Crippen MR) is 96.6 cm³/mol. The van der Waals surface area contributed by atoms with Crippen LogP contribution < -0.4 is 5.32 Å². The van der Waals surface area contributed by atoms with Crippen LogP contribution in [0.1, 0.15) is 35.4 Å². The highest BCUT2D eigenvalue weighted by Crippen LogP contribution is 2.20. The van der Waals surface area contributed by atoms with E-state index in [1.54, 1.807) is 12.1 Å². The molecule has 1 atom stereocenters. The van der Waals surface area contributed by atoms with Gasteiger partial charge < -0.3 is 19.4 Å². The number of rotatable bonds is 6. The van der Waals surface area contributed by atoms with E-state index in [-0.39, 0.29) is 30.7 Å². The van der Waals surface area contributed by atoms with E-state index in [1.165, 1.54) is 11.2 Å². The lowest BCUT2D eigenvalue weighted by molar-refractivity contribution is -0.145. The standard InChI is InChI=1S/C20H22N2O5/c23-18(27-14-15-7-2-1-3-8-15)13-21-19(24)16-9-4-5-11-22(16)20(25)17-10-6-12-26-17/h1-3,6-8,10,12,16H,4-5,9,11,13-14H2,(H,21,24). The van der Waals surface area contributed by atoms with Gasteiger partial charge in [0.25, 0.3) is 5.91 Å². The van der Waals surface area contributed by atoms with Crippen molar-refractivity contribution in [1.82, 2.24) is 10.2 Å². The maximum Gasteiger partial charge on any atom is 0.325 e. The van der Waals surface area contributed by atoms with Gasteiger partial charge in [-0.15, -0.1) is 0 Å². The Hall–Kier alpha value is -3.09. The predicted octanol–water partition coefficient (Wildman–Crippen LogP) is 2.13. The third-order valence-corrected chi connectivity index (χ3v) is 4.45. The fraction of sp³-hybridized carbons (Fsp3) is 0.350. The van der Waals surface area contributed by atoms with E-state index in [1.807, 2.05) is 30.3 Å². The molecule has 0 saturated carbocycles. The summed E-state index contributed by atoms with van der Waals surface area (Å²) in [7, 11) is 0. The lowest BCUT2D eigenvalue weighted by Gasteiger charge is -2.34. The molecule has 1 fully saturated rings. The molecular weight excluding hydrogens is 348 g/mol. The fourth-order valence-corrected chi connectivity index (χ4v) is 3.06. The van der Waals surface area contributed by atoms with Crippen molar-refractivity contribution in [2.75, 3.05) is 13.1 Å². The highest BCUT2D eigenvalue weighted by Gasteiger charge is 2.33. The first-order valence-electron chi connectivity index (χ1n) is 8.97. The smallest absolute Gasteiger partial charge is 0.325 e. The van der Waals surface area contributed by atoms with Gasteiger partial charge in [0.05, 0.1) is 6.26 Å². The minimum atomic E-state index is -0.613. The maximum absolute atomic E-state index is 12.5. The van der Waals surface area contributed by atoms with Gasteiger partial charge in [-0.1, -0.05) is 30.3 Å². The number of benzene rings is 1. The van der Waals surface area contributed by atoms with E-state index < -0.39 is 12.0 Å². The van der Waals surface area contributed by atoms with Crippen molar-refractivity contribution in [1.29, 1.82) is 0 Å². The first-order chi connectivity index (χ1) is 13.1. The molecule has 1 N–H and O–H groups in total. The van der Waals surface area contributed by atoms with Crippen molar-refractivity contribution in [3.05, 3.63) is 60.1 Å². The van der Waals surface area contributed by atoms with Gasteiger partial charge >= 0.3 is 5.97 Å². The zero-order valence-corrected chi connectivity index (χ0v) is 14.9. The average Bonchev–Trinajstić information content (AvgIpc) is 3.25. The van der Waals surface area contributed by atoms with Crippen LogP contribution in [-0.4, -0.2) is 41.8 Å². The van der Waals surface area contributed by atoms with Crippen molar-refractivity contribution in [3.63, 3.8) is 0 Å². The topological polar surface area (TPSA) is 88.9 Å². The van der Waals surface area contributed by atoms with Crippen LogP contribution in [0.15, 0.2) is 53.1 Å². The zero-order chi connectivity index (χ0) is 19.1. The number of nitrogens with one attached hydrogen (secondary N) is 1. The SMILES string of the molecule is O=C(CNC(=O)C1CCCCN1C(=O)c1ccco1)OCc1ccccc1. The highest BCUT2D eigenvalue weighted by atomic mass is 16.5. The Balaban J connectivity index is 1.51. The molecule has 2 heterocycles. The molecule has 1 aromatic heterocycles. The molecule has 1 aromatic carbocycles. The van der Waals surface area contributed by atoms with Crippen LogP contribution in [0.2, 0.25) is 0 Å². The molecule has 7 nitrogen and oxygen atoms in total. The largest absolute Gasteiger partial charge is 0.460 e. The van der Waals surface area contributed by atoms with Crippen molar-refractivity contribution >= 4 is 17.8 Å². The highest BCUT2D eigenvalue weighted by molar-refractivity contribution is 5.96. The van der Waals surface area contributed by atoms with E-state index in [0.29, 0.717) is 13.0 Å². The number of likely N-dealkylation sites (tertiary alicyclic amines) is 1. The number of hydrogen-bond acceptors (Lipinski definition) is 5. The van der Waals surface area contributed by atoms with Gasteiger partial charge in [-0.25, -0.2) is 0 Å². The number of hydrogen-bond donors (Lipinski definition) is 1. The molecule has 0 radical (unpaired) electrons. The van der Waals surface area contributed by atoms with Crippen molar-refractivity contribution < 1.29 is 23.5 Å². The number of nitrogens with zero attached hydrogens (tertiary/aromatic N) is 1. The molecule has 2 aromatic rings. The van der Waals surface area contributed by atoms with E-state index in [4.69, 9.17) is 9.15 Å². The monoisotopic (exact) mass is 370 g/mol. The second-order valence-corrected chi connectivity index (χ2v) is 6.35. The van der Waals surface area contributed by atoms with Crippen molar-refractivity contribution in [3.8, 4) is 0 Å². The van der Waals surface area contributed by atoms with Crippen LogP contribution in [0.5, 0.6) is 0 Å². The van der Waals surface area contributed by atoms with Crippen LogP contribution >= 0.6 is 0 Å². The molecule has 1 aliphatic heterocycles. The number of amides is 2. The summed E-state index contributed by atoms with van der Waals surface area (Å²) in [6.07, 6.45) is 3.65. The number of carbonyl (C=O) groups excluding carboxylic acids is 3. The van der Waals surface area contributed by atoms with Crippen molar-refractivity contribution in [2.24, 2.45) is 0 Å². The molecule has 27 heavy (non-hydrogen) atoms. The molecule has 1 saturated heterocycles. The van der Waals surface area contributed by atoms with Crippen LogP contribution in [-0.2, 0) is 20.9 Å². The normalized spacial score (nSPS) is 16.6. The minimum Gasteiger partial charge on any atom is -0.460 e. The van der Waals surface area contributed by atoms with Gasteiger partial charge in [0.1, 0.15) is 19.2 Å². The summed E-state index contributed by atoms with van der Waals surface area (Å²) < 4.78 is 10.3. The first kappa shape index (κ1) is 18.7. The first-order valence-corrected chi connectivity index (χ1v) is 8.97. The van der Waals surface area contributed by atoms with Gasteiger partial charge in [0, 0.05) is 6.54 Å². The van der Waals surface area contributed by atoms with Gasteiger partial charge in [0.15, 0.2) is 5.76 Å². The maximum atomic E-state index is 12.5. The van der Waals surface area contributed by atoms with Crippen molar-refractivity contribution in [2.45, 2.75) is 31.9 Å². The second kappa shape index (κ2) is 9.02. The Bertz CT molecular complexity index is 773. The Kier molecular flexibility index (Phi) is 6.25. The average molecular weight is 370 g/mol. The van der Waals surface area contributed by atoms with E-state index in [2.05, 4.69) is 5.32 Å². The Morgan fingerprint density at radius 3 is 2.67 bits per heavy atom. The zero-order valence-electron chi connectivity index (χ0n) is 14.9. The number of piperidine rings is 1. The van der Waals surface area contributed by atoms with E-state index >= 15 is 0 Å². The van der Waals surface area contributed by atoms with Crippen LogP contribution in [0.4, 0.5) is 0 Å². The molecule has 1 unspecified atom stereocenters. The fourth-order valence-electron chi connectivity index (χ4n) is 3.06. The molecule has 3 rings (SSSR count). The van der Waals surface area contributed by atoms with Crippen LogP contribution in [0, 0.1) is 0 Å². The van der Waals surface area contributed by atoms with Gasteiger partial charge in [-0.2, -0.15) is 0 Å². The number of esters is 1. The summed E-state index contributed by atoms with van der Waals surface area (Å²) in [5.74, 6) is -0.985. The van der Waals surface area contributed by atoms with E-state index in [0.717, 1.165) is 18.4 Å². The molecule has 1 aliphatic rings. The summed E-state index contributed by atoms with van der Waals surface area (Å²) in [5.41, 5.74) is 0.875. The summed E-state index contributed by atoms with van der Waals surface area (Å²) in [6.45, 7) is 0.406. The molecule has 7 heteroatoms. The number of furan rings is 1. The Labute approximate surface area is 157 Å². The Morgan fingerprint density at radius 2 is 1.93 bits per heavy atom. The lowest BCUT2D eigenvalue weighted by Crippen LogP contribution is -2.52. The molecule has 0 spiro atoms. The second-order valence-electron chi connectivity index (χ2n) is 6.35. The van der Waals surface area contributed by atoms with Gasteiger partial charge in [0.2, 0.25) is 5.91 Å². The third-order valence-electron chi connectivity index (χ3n) is 4.45. The molecule has 142 valence electrons. The summed E-state index contributed by atoms with van der Waals surface area (Å²) in [4.78, 5) is 38.4. The summed E-state index contributed by atoms with van der Waals surface area (Å²) >= 11 is 0.